The molecule has 0 aromatic heterocycles. The minimum atomic E-state index is -1.36. The second-order valence-corrected chi connectivity index (χ2v) is 5.27. The Morgan fingerprint density at radius 1 is 1.48 bits per heavy atom. The van der Waals surface area contributed by atoms with Gasteiger partial charge in [-0.05, 0) is 30.0 Å². The van der Waals surface area contributed by atoms with E-state index in [-0.39, 0.29) is 18.3 Å². The van der Waals surface area contributed by atoms with E-state index >= 15 is 0 Å². The molecule has 0 fully saturated rings. The van der Waals surface area contributed by atoms with Crippen molar-refractivity contribution in [3.05, 3.63) is 29.1 Å². The molecule has 0 saturated carbocycles. The van der Waals surface area contributed by atoms with Crippen LogP contribution < -0.4 is 15.4 Å². The van der Waals surface area contributed by atoms with E-state index in [4.69, 9.17) is 9.84 Å². The number of hydrogen-bond donors (Lipinski definition) is 3. The molecule has 1 aliphatic carbocycles. The van der Waals surface area contributed by atoms with Crippen molar-refractivity contribution in [1.29, 1.82) is 0 Å². The molecule has 8 heteroatoms. The van der Waals surface area contributed by atoms with Gasteiger partial charge in [-0.2, -0.15) is 0 Å². The molecule has 2 amide bonds. The van der Waals surface area contributed by atoms with Crippen LogP contribution in [0.15, 0.2) is 12.1 Å². The van der Waals surface area contributed by atoms with Crippen LogP contribution in [0.25, 0.3) is 0 Å². The van der Waals surface area contributed by atoms with Gasteiger partial charge in [-0.1, -0.05) is 0 Å². The highest BCUT2D eigenvalue weighted by atomic mass is 19.1. The summed E-state index contributed by atoms with van der Waals surface area (Å²) in [7, 11) is 1.37. The van der Waals surface area contributed by atoms with Gasteiger partial charge in [0.05, 0.1) is 0 Å². The number of benzene rings is 1. The number of hydrogen-bond acceptors (Lipinski definition) is 4. The van der Waals surface area contributed by atoms with Crippen molar-refractivity contribution in [2.75, 3.05) is 13.7 Å². The number of carbonyl (C=O) groups is 3. The van der Waals surface area contributed by atoms with Crippen LogP contribution in [0.3, 0.4) is 0 Å². The lowest BCUT2D eigenvalue weighted by atomic mass is 10.1. The van der Waals surface area contributed by atoms with Crippen LogP contribution in [0, 0.1) is 11.7 Å². The SMILES string of the molecule is CNC(=O)C(COc1cc(F)c2c(c1)CC(C=O)C2)NC(=O)O. The summed E-state index contributed by atoms with van der Waals surface area (Å²) in [6.07, 6.45) is 0.250. The lowest BCUT2D eigenvalue weighted by molar-refractivity contribution is -0.123. The number of rotatable bonds is 6. The third-order valence-corrected chi connectivity index (χ3v) is 3.68. The van der Waals surface area contributed by atoms with Gasteiger partial charge < -0.3 is 25.3 Å². The Labute approximate surface area is 131 Å². The summed E-state index contributed by atoms with van der Waals surface area (Å²) < 4.78 is 19.4. The summed E-state index contributed by atoms with van der Waals surface area (Å²) >= 11 is 0. The second kappa shape index (κ2) is 7.08. The van der Waals surface area contributed by atoms with Crippen molar-refractivity contribution in [2.24, 2.45) is 5.92 Å². The van der Waals surface area contributed by atoms with Gasteiger partial charge in [-0.15, -0.1) is 0 Å². The Morgan fingerprint density at radius 2 is 2.22 bits per heavy atom. The van der Waals surface area contributed by atoms with Gasteiger partial charge in [0.25, 0.3) is 0 Å². The third-order valence-electron chi connectivity index (χ3n) is 3.68. The van der Waals surface area contributed by atoms with E-state index in [0.717, 1.165) is 6.29 Å². The van der Waals surface area contributed by atoms with E-state index in [1.54, 1.807) is 6.07 Å². The first kappa shape index (κ1) is 16.7. The highest BCUT2D eigenvalue weighted by Gasteiger charge is 2.26. The highest BCUT2D eigenvalue weighted by Crippen LogP contribution is 2.31. The molecule has 3 N–H and O–H groups in total. The Hall–Kier alpha value is -2.64. The molecule has 7 nitrogen and oxygen atoms in total. The van der Waals surface area contributed by atoms with Crippen LogP contribution in [0.2, 0.25) is 0 Å². The maximum atomic E-state index is 14.0. The zero-order valence-electron chi connectivity index (χ0n) is 12.5. The molecule has 0 heterocycles. The van der Waals surface area contributed by atoms with Gasteiger partial charge in [0.1, 0.15) is 30.5 Å². The van der Waals surface area contributed by atoms with Gasteiger partial charge in [0.15, 0.2) is 0 Å². The molecule has 0 spiro atoms. The molecule has 0 saturated heterocycles. The van der Waals surface area contributed by atoms with Gasteiger partial charge in [-0.3, -0.25) is 4.79 Å². The minimum absolute atomic E-state index is 0.189. The van der Waals surface area contributed by atoms with Crippen molar-refractivity contribution in [2.45, 2.75) is 18.9 Å². The largest absolute Gasteiger partial charge is 0.491 e. The zero-order chi connectivity index (χ0) is 17.0. The molecule has 0 bridgehead atoms. The summed E-state index contributed by atoms with van der Waals surface area (Å²) in [5, 5.41) is 13.1. The molecule has 2 atom stereocenters. The first-order chi connectivity index (χ1) is 10.9. The molecule has 2 rings (SSSR count). The van der Waals surface area contributed by atoms with Gasteiger partial charge in [0, 0.05) is 19.0 Å². The molecule has 0 radical (unpaired) electrons. The number of aldehydes is 1. The van der Waals surface area contributed by atoms with Gasteiger partial charge >= 0.3 is 6.09 Å². The van der Waals surface area contributed by atoms with E-state index < -0.39 is 23.9 Å². The summed E-state index contributed by atoms with van der Waals surface area (Å²) in [5.74, 6) is -1.07. The highest BCUT2D eigenvalue weighted by molar-refractivity contribution is 5.85. The predicted molar refractivity (Wildman–Crippen MR) is 77.9 cm³/mol. The maximum Gasteiger partial charge on any atom is 0.405 e. The average molecular weight is 324 g/mol. The number of amides is 2. The second-order valence-electron chi connectivity index (χ2n) is 5.27. The first-order valence-corrected chi connectivity index (χ1v) is 7.05. The average Bonchev–Trinajstić information content (AvgIpc) is 2.94. The van der Waals surface area contributed by atoms with Crippen molar-refractivity contribution in [1.82, 2.24) is 10.6 Å². The van der Waals surface area contributed by atoms with Gasteiger partial charge in [0.2, 0.25) is 5.91 Å². The topological polar surface area (TPSA) is 105 Å². The van der Waals surface area contributed by atoms with Crippen LogP contribution in [0.5, 0.6) is 5.75 Å². The third kappa shape index (κ3) is 3.97. The maximum absolute atomic E-state index is 14.0. The molecule has 1 aromatic carbocycles. The zero-order valence-corrected chi connectivity index (χ0v) is 12.5. The van der Waals surface area contributed by atoms with E-state index in [9.17, 15) is 18.8 Å². The summed E-state index contributed by atoms with van der Waals surface area (Å²) in [5.41, 5.74) is 1.20. The Morgan fingerprint density at radius 3 is 2.83 bits per heavy atom. The molecule has 0 aliphatic heterocycles. The number of nitrogens with one attached hydrogen (secondary N) is 2. The molecule has 1 aliphatic rings. The lowest BCUT2D eigenvalue weighted by Crippen LogP contribution is -2.48. The molecular weight excluding hydrogens is 307 g/mol. The Bertz CT molecular complexity index is 635. The number of fused-ring (bicyclic) bond motifs is 1. The summed E-state index contributed by atoms with van der Waals surface area (Å²) in [6, 6.07) is 1.67. The number of ether oxygens (including phenoxy) is 1. The summed E-state index contributed by atoms with van der Waals surface area (Å²) in [6.45, 7) is -0.276. The number of carbonyl (C=O) groups excluding carboxylic acids is 2. The van der Waals surface area contributed by atoms with E-state index in [0.29, 0.717) is 24.0 Å². The smallest absolute Gasteiger partial charge is 0.405 e. The van der Waals surface area contributed by atoms with E-state index in [1.165, 1.54) is 13.1 Å². The van der Waals surface area contributed by atoms with Crippen LogP contribution in [-0.2, 0) is 22.4 Å². The predicted octanol–water partition coefficient (Wildman–Crippen LogP) is 0.500. The molecule has 124 valence electrons. The fourth-order valence-electron chi connectivity index (χ4n) is 2.56. The standard InChI is InChI=1S/C15H17FN2O5/c1-17-14(20)13(18-15(21)22)7-23-10-4-9-2-8(6-19)3-11(9)12(16)5-10/h4-6,8,13,18H,2-3,7H2,1H3,(H,17,20)(H,21,22). The van der Waals surface area contributed by atoms with E-state index in [1.807, 2.05) is 5.32 Å². The summed E-state index contributed by atoms with van der Waals surface area (Å²) in [4.78, 5) is 33.1. The number of carboxylic acid groups (broad SMARTS) is 1. The number of halogens is 1. The minimum Gasteiger partial charge on any atom is -0.491 e. The Kier molecular flexibility index (Phi) is 5.15. The van der Waals surface area contributed by atoms with Crippen molar-refractivity contribution in [3.63, 3.8) is 0 Å². The normalized spacial score (nSPS) is 17.0. The van der Waals surface area contributed by atoms with Crippen LogP contribution in [-0.4, -0.2) is 43.1 Å². The van der Waals surface area contributed by atoms with Crippen molar-refractivity contribution < 1.29 is 28.6 Å². The number of likely N-dealkylation sites (N-methyl/N-ethyl adjacent to an activating group) is 1. The molecule has 23 heavy (non-hydrogen) atoms. The Balaban J connectivity index is 2.08. The molecule has 1 aromatic rings. The van der Waals surface area contributed by atoms with Crippen molar-refractivity contribution in [3.8, 4) is 5.75 Å². The molecular formula is C15H17FN2O5. The van der Waals surface area contributed by atoms with Crippen LogP contribution >= 0.6 is 0 Å². The monoisotopic (exact) mass is 324 g/mol. The van der Waals surface area contributed by atoms with Crippen LogP contribution in [0.1, 0.15) is 11.1 Å². The van der Waals surface area contributed by atoms with Crippen molar-refractivity contribution >= 4 is 18.3 Å². The fraction of sp³-hybridized carbons (Fsp3) is 0.400. The van der Waals surface area contributed by atoms with E-state index in [2.05, 4.69) is 5.32 Å². The quantitative estimate of drug-likeness (QED) is 0.661. The fourth-order valence-corrected chi connectivity index (χ4v) is 2.56. The first-order valence-electron chi connectivity index (χ1n) is 7.05. The van der Waals surface area contributed by atoms with Crippen LogP contribution in [0.4, 0.5) is 9.18 Å². The van der Waals surface area contributed by atoms with Gasteiger partial charge in [-0.25, -0.2) is 9.18 Å². The molecule has 2 unspecified atom stereocenters. The lowest BCUT2D eigenvalue weighted by Gasteiger charge is -2.16.